The van der Waals surface area contributed by atoms with Gasteiger partial charge in [-0.05, 0) is 11.4 Å². The first kappa shape index (κ1) is 11.9. The SMILES string of the molecule is C[N+](C)(C)CC(=O)N/N=C/c1cccs1. The number of likely N-dealkylation sites (N-methyl/N-ethyl adjacent to an activating group) is 1. The number of amides is 1. The van der Waals surface area contributed by atoms with E-state index in [4.69, 9.17) is 0 Å². The fourth-order valence-electron chi connectivity index (χ4n) is 0.999. The van der Waals surface area contributed by atoms with Crippen molar-refractivity contribution >= 4 is 23.5 Å². The van der Waals surface area contributed by atoms with Crippen LogP contribution in [0.15, 0.2) is 22.6 Å². The van der Waals surface area contributed by atoms with E-state index in [0.29, 0.717) is 11.0 Å². The molecule has 5 heteroatoms. The van der Waals surface area contributed by atoms with Crippen LogP contribution in [0.5, 0.6) is 0 Å². The Kier molecular flexibility index (Phi) is 3.99. The van der Waals surface area contributed by atoms with E-state index in [-0.39, 0.29) is 5.91 Å². The maximum atomic E-state index is 11.4. The van der Waals surface area contributed by atoms with Crippen molar-refractivity contribution < 1.29 is 9.28 Å². The minimum Gasteiger partial charge on any atom is -0.323 e. The molecule has 1 rings (SSSR count). The lowest BCUT2D eigenvalue weighted by atomic mass is 10.5. The van der Waals surface area contributed by atoms with Gasteiger partial charge in [0.15, 0.2) is 6.54 Å². The molecule has 0 aliphatic carbocycles. The summed E-state index contributed by atoms with van der Waals surface area (Å²) >= 11 is 1.58. The highest BCUT2D eigenvalue weighted by Crippen LogP contribution is 2.03. The lowest BCUT2D eigenvalue weighted by Crippen LogP contribution is -2.43. The fourth-order valence-corrected chi connectivity index (χ4v) is 1.58. The van der Waals surface area contributed by atoms with Crippen LogP contribution in [0, 0.1) is 0 Å². The standard InChI is InChI=1S/C10H15N3OS/c1-13(2,3)8-10(14)12-11-7-9-5-4-6-15-9/h4-7H,8H2,1-3H3/p+1/b11-7+. The monoisotopic (exact) mass is 226 g/mol. The molecule has 0 spiro atoms. The minimum absolute atomic E-state index is 0.0738. The molecule has 0 aromatic carbocycles. The van der Waals surface area contributed by atoms with Gasteiger partial charge >= 0.3 is 0 Å². The summed E-state index contributed by atoms with van der Waals surface area (Å²) in [5, 5.41) is 5.84. The highest BCUT2D eigenvalue weighted by Gasteiger charge is 2.12. The molecule has 0 radical (unpaired) electrons. The molecule has 0 fully saturated rings. The molecule has 0 saturated carbocycles. The van der Waals surface area contributed by atoms with E-state index in [1.165, 1.54) is 0 Å². The Hall–Kier alpha value is -1.20. The highest BCUT2D eigenvalue weighted by molar-refractivity contribution is 7.11. The van der Waals surface area contributed by atoms with E-state index in [0.717, 1.165) is 4.88 Å². The Labute approximate surface area is 93.8 Å². The average Bonchev–Trinajstić information content (AvgIpc) is 2.53. The van der Waals surface area contributed by atoms with Crippen molar-refractivity contribution in [1.82, 2.24) is 5.43 Å². The van der Waals surface area contributed by atoms with Gasteiger partial charge in [0.1, 0.15) is 0 Å². The summed E-state index contributed by atoms with van der Waals surface area (Å²) in [7, 11) is 5.88. The molecule has 82 valence electrons. The molecule has 1 aromatic rings. The van der Waals surface area contributed by atoms with Crippen molar-refractivity contribution in [2.45, 2.75) is 0 Å². The number of rotatable bonds is 4. The predicted octanol–water partition coefficient (Wildman–Crippen LogP) is 0.904. The minimum atomic E-state index is -0.0738. The van der Waals surface area contributed by atoms with E-state index in [1.807, 2.05) is 38.7 Å². The van der Waals surface area contributed by atoms with Crippen molar-refractivity contribution in [3.8, 4) is 0 Å². The maximum Gasteiger partial charge on any atom is 0.295 e. The second-order valence-electron chi connectivity index (χ2n) is 4.26. The van der Waals surface area contributed by atoms with E-state index >= 15 is 0 Å². The fraction of sp³-hybridized carbons (Fsp3) is 0.400. The van der Waals surface area contributed by atoms with Gasteiger partial charge in [0.05, 0.1) is 27.4 Å². The molecule has 0 atom stereocenters. The lowest BCUT2D eigenvalue weighted by molar-refractivity contribution is -0.862. The first-order valence-electron chi connectivity index (χ1n) is 4.63. The van der Waals surface area contributed by atoms with Gasteiger partial charge < -0.3 is 4.48 Å². The molecule has 0 bridgehead atoms. The van der Waals surface area contributed by atoms with E-state index in [2.05, 4.69) is 10.5 Å². The molecule has 0 unspecified atom stereocenters. The van der Waals surface area contributed by atoms with E-state index < -0.39 is 0 Å². The van der Waals surface area contributed by atoms with Crippen molar-refractivity contribution in [2.24, 2.45) is 5.10 Å². The molecule has 0 aliphatic rings. The van der Waals surface area contributed by atoms with Gasteiger partial charge in [-0.3, -0.25) is 4.79 Å². The summed E-state index contributed by atoms with van der Waals surface area (Å²) in [4.78, 5) is 12.4. The molecule has 1 amide bonds. The highest BCUT2D eigenvalue weighted by atomic mass is 32.1. The topological polar surface area (TPSA) is 41.5 Å². The van der Waals surface area contributed by atoms with Gasteiger partial charge in [0.2, 0.25) is 0 Å². The average molecular weight is 226 g/mol. The number of quaternary nitrogens is 1. The summed E-state index contributed by atoms with van der Waals surface area (Å²) in [6, 6.07) is 3.89. The Morgan fingerprint density at radius 2 is 2.33 bits per heavy atom. The lowest BCUT2D eigenvalue weighted by Gasteiger charge is -2.21. The Morgan fingerprint density at radius 1 is 1.60 bits per heavy atom. The zero-order valence-electron chi connectivity index (χ0n) is 9.23. The summed E-state index contributed by atoms with van der Waals surface area (Å²) in [5.74, 6) is -0.0738. The Balaban J connectivity index is 2.35. The van der Waals surface area contributed by atoms with E-state index in [1.54, 1.807) is 17.6 Å². The number of thiophene rings is 1. The second-order valence-corrected chi connectivity index (χ2v) is 5.24. The molecule has 1 aromatic heterocycles. The number of nitrogens with zero attached hydrogens (tertiary/aromatic N) is 2. The van der Waals surface area contributed by atoms with Crippen molar-refractivity contribution in [3.05, 3.63) is 22.4 Å². The van der Waals surface area contributed by atoms with Crippen LogP contribution in [0.3, 0.4) is 0 Å². The third kappa shape index (κ3) is 5.29. The van der Waals surface area contributed by atoms with Crippen LogP contribution in [0.2, 0.25) is 0 Å². The zero-order chi connectivity index (χ0) is 11.3. The molecule has 0 aliphatic heterocycles. The van der Waals surface area contributed by atoms with Crippen LogP contribution in [-0.2, 0) is 4.79 Å². The number of hydrogen-bond acceptors (Lipinski definition) is 3. The van der Waals surface area contributed by atoms with Gasteiger partial charge in [0, 0.05) is 4.88 Å². The van der Waals surface area contributed by atoms with Crippen molar-refractivity contribution in [2.75, 3.05) is 27.7 Å². The third-order valence-corrected chi connectivity index (χ3v) is 2.35. The molecular formula is C10H16N3OS+. The van der Waals surface area contributed by atoms with Crippen molar-refractivity contribution in [3.63, 3.8) is 0 Å². The molecule has 1 heterocycles. The first-order chi connectivity index (χ1) is 6.97. The van der Waals surface area contributed by atoms with Crippen LogP contribution < -0.4 is 5.43 Å². The third-order valence-electron chi connectivity index (χ3n) is 1.54. The van der Waals surface area contributed by atoms with Gasteiger partial charge in [0.25, 0.3) is 5.91 Å². The molecular weight excluding hydrogens is 210 g/mol. The van der Waals surface area contributed by atoms with Gasteiger partial charge in [-0.25, -0.2) is 5.43 Å². The molecule has 1 N–H and O–H groups in total. The smallest absolute Gasteiger partial charge is 0.295 e. The normalized spacial score (nSPS) is 11.9. The van der Waals surface area contributed by atoms with Gasteiger partial charge in [-0.15, -0.1) is 11.3 Å². The predicted molar refractivity (Wildman–Crippen MR) is 63.0 cm³/mol. The van der Waals surface area contributed by atoms with Crippen LogP contribution >= 0.6 is 11.3 Å². The first-order valence-corrected chi connectivity index (χ1v) is 5.51. The second kappa shape index (κ2) is 5.04. The summed E-state index contributed by atoms with van der Waals surface area (Å²) < 4.78 is 0.598. The van der Waals surface area contributed by atoms with Crippen LogP contribution in [0.25, 0.3) is 0 Å². The largest absolute Gasteiger partial charge is 0.323 e. The van der Waals surface area contributed by atoms with E-state index in [9.17, 15) is 4.79 Å². The van der Waals surface area contributed by atoms with Crippen LogP contribution in [0.4, 0.5) is 0 Å². The molecule has 4 nitrogen and oxygen atoms in total. The Morgan fingerprint density at radius 3 is 2.87 bits per heavy atom. The number of nitrogens with one attached hydrogen (secondary N) is 1. The number of carbonyl (C=O) groups is 1. The zero-order valence-corrected chi connectivity index (χ0v) is 10.0. The molecule has 0 saturated heterocycles. The van der Waals surface area contributed by atoms with Gasteiger partial charge in [-0.2, -0.15) is 5.10 Å². The summed E-state index contributed by atoms with van der Waals surface area (Å²) in [6.45, 7) is 0.418. The van der Waals surface area contributed by atoms with Crippen molar-refractivity contribution in [1.29, 1.82) is 0 Å². The maximum absolute atomic E-state index is 11.4. The Bertz CT molecular complexity index is 338. The summed E-state index contributed by atoms with van der Waals surface area (Å²) in [5.41, 5.74) is 2.50. The number of hydrazone groups is 1. The number of carbonyl (C=O) groups excluding carboxylic acids is 1. The van der Waals surface area contributed by atoms with Crippen LogP contribution in [-0.4, -0.2) is 44.3 Å². The summed E-state index contributed by atoms with van der Waals surface area (Å²) in [6.07, 6.45) is 1.65. The van der Waals surface area contributed by atoms with Gasteiger partial charge in [-0.1, -0.05) is 6.07 Å². The van der Waals surface area contributed by atoms with Crippen LogP contribution in [0.1, 0.15) is 4.88 Å². The number of hydrogen-bond donors (Lipinski definition) is 1. The quantitative estimate of drug-likeness (QED) is 0.463. The molecule has 15 heavy (non-hydrogen) atoms.